The number of carbonyl (C=O) groups is 2. The number of nitrogens with zero attached hydrogens (tertiary/aromatic N) is 2. The van der Waals surface area contributed by atoms with Crippen LogP contribution in [-0.2, 0) is 21.0 Å². The number of rotatable bonds is 7. The fourth-order valence-electron chi connectivity index (χ4n) is 4.66. The average Bonchev–Trinajstić information content (AvgIpc) is 3.11. The summed E-state index contributed by atoms with van der Waals surface area (Å²) < 4.78 is 67.3. The number of thioether (sulfide) groups is 1. The van der Waals surface area contributed by atoms with Crippen molar-refractivity contribution in [3.63, 3.8) is 0 Å². The molecule has 4 rings (SSSR count). The Hall–Kier alpha value is -3.39. The number of benzene rings is 2. The number of amides is 2. The monoisotopic (exact) mass is 583 g/mol. The van der Waals surface area contributed by atoms with Crippen molar-refractivity contribution in [3.05, 3.63) is 68.6 Å². The van der Waals surface area contributed by atoms with Crippen LogP contribution in [0.25, 0.3) is 6.08 Å². The first kappa shape index (κ1) is 28.6. The molecule has 1 heterocycles. The molecule has 1 N–H and O–H groups in total. The van der Waals surface area contributed by atoms with Crippen LogP contribution in [0.4, 0.5) is 29.3 Å². The largest absolute Gasteiger partial charge is 0.423 e. The van der Waals surface area contributed by atoms with Crippen molar-refractivity contribution in [2.75, 3.05) is 11.3 Å². The van der Waals surface area contributed by atoms with E-state index < -0.39 is 37.3 Å². The van der Waals surface area contributed by atoms with Gasteiger partial charge in [-0.2, -0.15) is 13.2 Å². The lowest BCUT2D eigenvalue weighted by Crippen LogP contribution is -2.39. The van der Waals surface area contributed by atoms with Crippen LogP contribution < -0.4 is 4.72 Å². The van der Waals surface area contributed by atoms with Crippen molar-refractivity contribution in [3.8, 4) is 0 Å². The average molecular weight is 584 g/mol. The molecular weight excluding hydrogens is 559 g/mol. The smallest absolute Gasteiger partial charge is 0.280 e. The van der Waals surface area contributed by atoms with Crippen LogP contribution in [0.3, 0.4) is 0 Å². The molecule has 14 heteroatoms. The number of anilines is 1. The van der Waals surface area contributed by atoms with E-state index in [1.807, 2.05) is 0 Å². The van der Waals surface area contributed by atoms with E-state index in [1.165, 1.54) is 35.2 Å². The Morgan fingerprint density at radius 2 is 1.74 bits per heavy atom. The van der Waals surface area contributed by atoms with Gasteiger partial charge < -0.3 is 0 Å². The van der Waals surface area contributed by atoms with Gasteiger partial charge in [0.25, 0.3) is 26.9 Å². The van der Waals surface area contributed by atoms with Gasteiger partial charge in [0.15, 0.2) is 0 Å². The second kappa shape index (κ2) is 10.6. The Bertz CT molecular complexity index is 1450. The molecule has 1 saturated heterocycles. The summed E-state index contributed by atoms with van der Waals surface area (Å²) in [5.41, 5.74) is -2.54. The summed E-state index contributed by atoms with van der Waals surface area (Å²) in [4.78, 5) is 35.8. The Balaban J connectivity index is 1.49. The number of imide groups is 1. The summed E-state index contributed by atoms with van der Waals surface area (Å²) in [6.07, 6.45) is 1.54. The fraction of sp³-hybridized carbons (Fsp3) is 0.360. The van der Waals surface area contributed by atoms with Crippen molar-refractivity contribution in [2.45, 2.75) is 50.1 Å². The Morgan fingerprint density at radius 1 is 1.10 bits per heavy atom. The molecular formula is C25H24F3N3O6S2. The van der Waals surface area contributed by atoms with Gasteiger partial charge in [0.2, 0.25) is 0 Å². The summed E-state index contributed by atoms with van der Waals surface area (Å²) in [5.74, 6) is -0.389. The first-order chi connectivity index (χ1) is 18.2. The molecule has 2 aliphatic rings. The Morgan fingerprint density at radius 3 is 2.33 bits per heavy atom. The lowest BCUT2D eigenvalue weighted by molar-refractivity contribution is -0.388. The highest BCUT2D eigenvalue weighted by Gasteiger charge is 2.41. The summed E-state index contributed by atoms with van der Waals surface area (Å²) in [5, 5.41) is 10.6. The molecule has 0 aromatic heterocycles. The predicted molar refractivity (Wildman–Crippen MR) is 139 cm³/mol. The number of nitro groups is 1. The second-order valence-electron chi connectivity index (χ2n) is 9.80. The maximum atomic E-state index is 13.3. The molecule has 0 spiro atoms. The first-order valence-electron chi connectivity index (χ1n) is 11.9. The number of halogens is 3. The van der Waals surface area contributed by atoms with Crippen LogP contribution >= 0.6 is 11.8 Å². The van der Waals surface area contributed by atoms with E-state index in [0.29, 0.717) is 24.2 Å². The number of alkyl halides is 3. The number of carbonyl (C=O) groups excluding carboxylic acids is 2. The van der Waals surface area contributed by atoms with Gasteiger partial charge in [-0.1, -0.05) is 38.3 Å². The summed E-state index contributed by atoms with van der Waals surface area (Å²) in [6.45, 7) is 2.44. The van der Waals surface area contributed by atoms with Crippen LogP contribution in [0.2, 0.25) is 0 Å². The normalized spacial score (nSPS) is 19.0. The third-order valence-corrected chi connectivity index (χ3v) is 9.00. The minimum Gasteiger partial charge on any atom is -0.280 e. The van der Waals surface area contributed by atoms with Gasteiger partial charge in [-0.25, -0.2) is 8.42 Å². The molecule has 2 fully saturated rings. The SMILES string of the molecule is CC1(CN2C(=O)S/C(=C/c3ccc(NS(=O)(=O)c4ccc([N+](=O)[O-])c(C(F)(F)F)c4)cc3)C2=O)CCCCC1. The third kappa shape index (κ3) is 6.44. The lowest BCUT2D eigenvalue weighted by Gasteiger charge is -2.35. The predicted octanol–water partition coefficient (Wildman–Crippen LogP) is 6.42. The summed E-state index contributed by atoms with van der Waals surface area (Å²) >= 11 is 0.829. The highest BCUT2D eigenvalue weighted by molar-refractivity contribution is 8.18. The lowest BCUT2D eigenvalue weighted by atomic mass is 9.75. The van der Waals surface area contributed by atoms with Gasteiger partial charge in [0.1, 0.15) is 5.56 Å². The molecule has 208 valence electrons. The maximum Gasteiger partial charge on any atom is 0.423 e. The molecule has 0 atom stereocenters. The van der Waals surface area contributed by atoms with E-state index in [2.05, 4.69) is 11.6 Å². The first-order valence-corrected chi connectivity index (χ1v) is 14.2. The molecule has 1 aliphatic heterocycles. The molecule has 39 heavy (non-hydrogen) atoms. The molecule has 0 radical (unpaired) electrons. The van der Waals surface area contributed by atoms with Crippen molar-refractivity contribution >= 4 is 50.4 Å². The molecule has 0 unspecified atom stereocenters. The number of sulfonamides is 1. The zero-order valence-corrected chi connectivity index (χ0v) is 22.3. The molecule has 2 amide bonds. The standard InChI is InChI=1S/C25H24F3N3O6S2/c1-24(11-3-2-4-12-24)15-30-22(32)21(38-23(30)33)13-16-5-7-17(8-6-16)29-39(36,37)18-9-10-20(31(34)35)19(14-18)25(26,27)28/h5-10,13-14,29H,2-4,11-12,15H2,1H3/b21-13+. The van der Waals surface area contributed by atoms with Gasteiger partial charge >= 0.3 is 6.18 Å². The minimum atomic E-state index is -5.14. The number of hydrogen-bond donors (Lipinski definition) is 1. The molecule has 0 bridgehead atoms. The van der Waals surface area contributed by atoms with Gasteiger partial charge in [-0.05, 0) is 65.9 Å². The van der Waals surface area contributed by atoms with Crippen molar-refractivity contribution in [1.82, 2.24) is 4.90 Å². The second-order valence-corrected chi connectivity index (χ2v) is 12.5. The van der Waals surface area contributed by atoms with Crippen molar-refractivity contribution in [2.24, 2.45) is 5.41 Å². The van der Waals surface area contributed by atoms with E-state index >= 15 is 0 Å². The highest BCUT2D eigenvalue weighted by Crippen LogP contribution is 2.41. The van der Waals surface area contributed by atoms with E-state index in [9.17, 15) is 41.3 Å². The molecule has 1 saturated carbocycles. The van der Waals surface area contributed by atoms with E-state index in [-0.39, 0.29) is 33.2 Å². The number of hydrogen-bond acceptors (Lipinski definition) is 7. The van der Waals surface area contributed by atoms with Crippen LogP contribution in [0.5, 0.6) is 0 Å². The van der Waals surface area contributed by atoms with Gasteiger partial charge in [-0.15, -0.1) is 0 Å². The molecule has 1 aliphatic carbocycles. The minimum absolute atomic E-state index is 0.0115. The van der Waals surface area contributed by atoms with Crippen LogP contribution in [0, 0.1) is 15.5 Å². The highest BCUT2D eigenvalue weighted by atomic mass is 32.2. The van der Waals surface area contributed by atoms with Gasteiger partial charge in [0.05, 0.1) is 14.7 Å². The van der Waals surface area contributed by atoms with E-state index in [4.69, 9.17) is 0 Å². The van der Waals surface area contributed by atoms with Gasteiger partial charge in [0, 0.05) is 18.3 Å². The quantitative estimate of drug-likeness (QED) is 0.226. The van der Waals surface area contributed by atoms with Crippen LogP contribution in [0.1, 0.15) is 50.2 Å². The van der Waals surface area contributed by atoms with E-state index in [0.717, 1.165) is 43.9 Å². The summed E-state index contributed by atoms with van der Waals surface area (Å²) in [7, 11) is -4.51. The van der Waals surface area contributed by atoms with Gasteiger partial charge in [-0.3, -0.25) is 29.3 Å². The molecule has 9 nitrogen and oxygen atoms in total. The Kier molecular flexibility index (Phi) is 7.81. The van der Waals surface area contributed by atoms with Crippen molar-refractivity contribution < 1.29 is 36.1 Å². The maximum absolute atomic E-state index is 13.3. The zero-order valence-electron chi connectivity index (χ0n) is 20.7. The van der Waals surface area contributed by atoms with Crippen LogP contribution in [-0.4, -0.2) is 35.9 Å². The zero-order chi connectivity index (χ0) is 28.6. The third-order valence-electron chi connectivity index (χ3n) is 6.72. The topological polar surface area (TPSA) is 127 Å². The fourth-order valence-corrected chi connectivity index (χ4v) is 6.59. The van der Waals surface area contributed by atoms with Crippen LogP contribution in [0.15, 0.2) is 52.3 Å². The number of nitrogens with one attached hydrogen (secondary N) is 1. The van der Waals surface area contributed by atoms with E-state index in [1.54, 1.807) is 0 Å². The number of nitro benzene ring substituents is 1. The summed E-state index contributed by atoms with van der Waals surface area (Å²) in [6, 6.07) is 7.05. The van der Waals surface area contributed by atoms with Crippen molar-refractivity contribution in [1.29, 1.82) is 0 Å². The molecule has 2 aromatic rings. The molecule has 2 aromatic carbocycles. The Labute approximate surface area is 226 Å².